The van der Waals surface area contributed by atoms with Gasteiger partial charge in [-0.3, -0.25) is 0 Å². The van der Waals surface area contributed by atoms with Gasteiger partial charge in [-0.05, 0) is 43.7 Å². The summed E-state index contributed by atoms with van der Waals surface area (Å²) >= 11 is 1.73. The van der Waals surface area contributed by atoms with Crippen molar-refractivity contribution in [2.45, 2.75) is 36.7 Å². The average Bonchev–Trinajstić information content (AvgIpc) is 2.43. The molecular formula is C16H20N2S. The highest BCUT2D eigenvalue weighted by molar-refractivity contribution is 7.99. The number of aryl methyl sites for hydroxylation is 1. The van der Waals surface area contributed by atoms with E-state index in [0.717, 1.165) is 24.5 Å². The number of hydrogen-bond acceptors (Lipinski definition) is 3. The zero-order valence-corrected chi connectivity index (χ0v) is 12.3. The minimum absolute atomic E-state index is 0.921. The lowest BCUT2D eigenvalue weighted by atomic mass is 10.1. The van der Waals surface area contributed by atoms with Gasteiger partial charge in [0.05, 0.1) is 0 Å². The summed E-state index contributed by atoms with van der Waals surface area (Å²) in [7, 11) is 0. The molecule has 3 heteroatoms. The number of nitrogens with one attached hydrogen (secondary N) is 1. The van der Waals surface area contributed by atoms with E-state index in [0.29, 0.717) is 0 Å². The van der Waals surface area contributed by atoms with Crippen molar-refractivity contribution >= 4 is 11.8 Å². The molecule has 0 radical (unpaired) electrons. The standard InChI is InChI=1S/C16H20N2S/c1-3-9-17-12-14-11-13(2)7-8-15(14)19-16-6-4-5-10-18-16/h4-8,10-11,17H,3,9,12H2,1-2H3. The normalized spacial score (nSPS) is 10.6. The van der Waals surface area contributed by atoms with Crippen molar-refractivity contribution in [3.05, 3.63) is 53.7 Å². The quantitative estimate of drug-likeness (QED) is 0.803. The van der Waals surface area contributed by atoms with E-state index in [4.69, 9.17) is 0 Å². The Labute approximate surface area is 119 Å². The number of hydrogen-bond donors (Lipinski definition) is 1. The fourth-order valence-corrected chi connectivity index (χ4v) is 2.75. The summed E-state index contributed by atoms with van der Waals surface area (Å²) in [5, 5.41) is 4.52. The van der Waals surface area contributed by atoms with Crippen LogP contribution in [-0.4, -0.2) is 11.5 Å². The van der Waals surface area contributed by atoms with Crippen LogP contribution in [-0.2, 0) is 6.54 Å². The van der Waals surface area contributed by atoms with Crippen LogP contribution in [0.5, 0.6) is 0 Å². The predicted octanol–water partition coefficient (Wildman–Crippen LogP) is 4.04. The Morgan fingerprint density at radius 3 is 2.84 bits per heavy atom. The van der Waals surface area contributed by atoms with Crippen LogP contribution in [0, 0.1) is 6.92 Å². The second-order valence-electron chi connectivity index (χ2n) is 4.56. The first kappa shape index (κ1) is 14.1. The third-order valence-electron chi connectivity index (χ3n) is 2.81. The lowest BCUT2D eigenvalue weighted by Crippen LogP contribution is -2.14. The molecule has 2 nitrogen and oxygen atoms in total. The predicted molar refractivity (Wildman–Crippen MR) is 81.5 cm³/mol. The van der Waals surface area contributed by atoms with Gasteiger partial charge in [0.25, 0.3) is 0 Å². The molecule has 1 aromatic heterocycles. The van der Waals surface area contributed by atoms with Gasteiger partial charge in [0.2, 0.25) is 0 Å². The first-order valence-corrected chi connectivity index (χ1v) is 7.50. The number of pyridine rings is 1. The monoisotopic (exact) mass is 272 g/mol. The van der Waals surface area contributed by atoms with Crippen molar-refractivity contribution in [1.82, 2.24) is 10.3 Å². The highest BCUT2D eigenvalue weighted by Gasteiger charge is 2.05. The van der Waals surface area contributed by atoms with E-state index in [2.05, 4.69) is 42.3 Å². The van der Waals surface area contributed by atoms with Crippen molar-refractivity contribution in [3.8, 4) is 0 Å². The molecule has 2 aromatic rings. The maximum atomic E-state index is 4.38. The summed E-state index contributed by atoms with van der Waals surface area (Å²) in [6.07, 6.45) is 3.00. The SMILES string of the molecule is CCCNCc1cc(C)ccc1Sc1ccccn1. The molecule has 0 unspecified atom stereocenters. The molecule has 0 saturated heterocycles. The molecule has 2 rings (SSSR count). The van der Waals surface area contributed by atoms with Gasteiger partial charge in [-0.2, -0.15) is 0 Å². The van der Waals surface area contributed by atoms with Gasteiger partial charge in [-0.1, -0.05) is 42.4 Å². The van der Waals surface area contributed by atoms with E-state index >= 15 is 0 Å². The van der Waals surface area contributed by atoms with Gasteiger partial charge >= 0.3 is 0 Å². The fraction of sp³-hybridized carbons (Fsp3) is 0.312. The van der Waals surface area contributed by atoms with Gasteiger partial charge < -0.3 is 5.32 Å². The van der Waals surface area contributed by atoms with E-state index in [-0.39, 0.29) is 0 Å². The van der Waals surface area contributed by atoms with Crippen LogP contribution >= 0.6 is 11.8 Å². The minimum atomic E-state index is 0.921. The third-order valence-corrected chi connectivity index (χ3v) is 3.88. The van der Waals surface area contributed by atoms with E-state index in [1.807, 2.05) is 24.4 Å². The number of aromatic nitrogens is 1. The molecule has 0 saturated carbocycles. The van der Waals surface area contributed by atoms with Gasteiger partial charge in [0.1, 0.15) is 5.03 Å². The Kier molecular flexibility index (Phi) is 5.43. The van der Waals surface area contributed by atoms with E-state index in [1.54, 1.807) is 11.8 Å². The first-order valence-electron chi connectivity index (χ1n) is 6.68. The Morgan fingerprint density at radius 2 is 2.11 bits per heavy atom. The van der Waals surface area contributed by atoms with Crippen molar-refractivity contribution in [2.24, 2.45) is 0 Å². The molecule has 0 atom stereocenters. The lowest BCUT2D eigenvalue weighted by molar-refractivity contribution is 0.669. The third kappa shape index (κ3) is 4.37. The van der Waals surface area contributed by atoms with Crippen molar-refractivity contribution in [2.75, 3.05) is 6.54 Å². The molecule has 0 aliphatic rings. The highest BCUT2D eigenvalue weighted by Crippen LogP contribution is 2.29. The summed E-state index contributed by atoms with van der Waals surface area (Å²) < 4.78 is 0. The summed E-state index contributed by atoms with van der Waals surface area (Å²) in [5.74, 6) is 0. The summed E-state index contributed by atoms with van der Waals surface area (Å²) in [4.78, 5) is 5.66. The van der Waals surface area contributed by atoms with Gasteiger partial charge in [0.15, 0.2) is 0 Å². The van der Waals surface area contributed by atoms with Crippen LogP contribution < -0.4 is 5.32 Å². The maximum absolute atomic E-state index is 4.38. The van der Waals surface area contributed by atoms with Gasteiger partial charge in [-0.25, -0.2) is 4.98 Å². The molecule has 0 spiro atoms. The fourth-order valence-electron chi connectivity index (χ4n) is 1.87. The zero-order valence-electron chi connectivity index (χ0n) is 11.5. The molecule has 1 aromatic carbocycles. The van der Waals surface area contributed by atoms with Crippen molar-refractivity contribution < 1.29 is 0 Å². The molecule has 0 aliphatic carbocycles. The Bertz CT molecular complexity index is 511. The second-order valence-corrected chi connectivity index (χ2v) is 5.62. The Balaban J connectivity index is 2.14. The largest absolute Gasteiger partial charge is 0.313 e. The minimum Gasteiger partial charge on any atom is -0.313 e. The molecule has 0 fully saturated rings. The molecule has 0 aliphatic heterocycles. The molecule has 1 N–H and O–H groups in total. The topological polar surface area (TPSA) is 24.9 Å². The van der Waals surface area contributed by atoms with Gasteiger partial charge in [0, 0.05) is 17.6 Å². The number of benzene rings is 1. The first-order chi connectivity index (χ1) is 9.29. The highest BCUT2D eigenvalue weighted by atomic mass is 32.2. The van der Waals surface area contributed by atoms with E-state index in [9.17, 15) is 0 Å². The molecule has 0 bridgehead atoms. The summed E-state index contributed by atoms with van der Waals surface area (Å²) in [5.41, 5.74) is 2.66. The second kappa shape index (κ2) is 7.31. The van der Waals surface area contributed by atoms with Crippen molar-refractivity contribution in [1.29, 1.82) is 0 Å². The Morgan fingerprint density at radius 1 is 1.21 bits per heavy atom. The average molecular weight is 272 g/mol. The van der Waals surface area contributed by atoms with Crippen LogP contribution in [0.3, 0.4) is 0 Å². The van der Waals surface area contributed by atoms with Gasteiger partial charge in [-0.15, -0.1) is 0 Å². The van der Waals surface area contributed by atoms with Crippen LogP contribution in [0.15, 0.2) is 52.5 Å². The molecule has 100 valence electrons. The Hall–Kier alpha value is -1.32. The zero-order chi connectivity index (χ0) is 13.5. The molecule has 0 amide bonds. The maximum Gasteiger partial charge on any atom is 0.101 e. The number of rotatable bonds is 6. The lowest BCUT2D eigenvalue weighted by Gasteiger charge is -2.10. The molecule has 19 heavy (non-hydrogen) atoms. The molecule has 1 heterocycles. The van der Waals surface area contributed by atoms with E-state index < -0.39 is 0 Å². The molecular weight excluding hydrogens is 252 g/mol. The van der Waals surface area contributed by atoms with Crippen LogP contribution in [0.25, 0.3) is 0 Å². The summed E-state index contributed by atoms with van der Waals surface area (Å²) in [6.45, 7) is 6.30. The van der Waals surface area contributed by atoms with Crippen LogP contribution in [0.1, 0.15) is 24.5 Å². The van der Waals surface area contributed by atoms with Crippen molar-refractivity contribution in [3.63, 3.8) is 0 Å². The van der Waals surface area contributed by atoms with E-state index in [1.165, 1.54) is 16.0 Å². The summed E-state index contributed by atoms with van der Waals surface area (Å²) in [6, 6.07) is 12.6. The van der Waals surface area contributed by atoms with Crippen LogP contribution in [0.2, 0.25) is 0 Å². The van der Waals surface area contributed by atoms with Crippen LogP contribution in [0.4, 0.5) is 0 Å². The number of nitrogens with zero attached hydrogens (tertiary/aromatic N) is 1. The smallest absolute Gasteiger partial charge is 0.101 e.